The van der Waals surface area contributed by atoms with Crippen LogP contribution in [-0.4, -0.2) is 49.3 Å². The van der Waals surface area contributed by atoms with Crippen molar-refractivity contribution in [2.24, 2.45) is 5.41 Å². The third-order valence-electron chi connectivity index (χ3n) is 4.00. The highest BCUT2D eigenvalue weighted by Crippen LogP contribution is 2.38. The molecule has 104 valence electrons. The minimum atomic E-state index is -4.56. The molecule has 1 N–H and O–H groups in total. The zero-order valence-electron chi connectivity index (χ0n) is 9.89. The van der Waals surface area contributed by atoms with E-state index in [1.165, 1.54) is 0 Å². The third-order valence-corrected chi connectivity index (χ3v) is 4.00. The molecule has 2 aliphatic heterocycles. The molecule has 1 spiro atoms. The van der Waals surface area contributed by atoms with Crippen molar-refractivity contribution in [3.8, 4) is 0 Å². The van der Waals surface area contributed by atoms with Crippen molar-refractivity contribution in [1.29, 1.82) is 0 Å². The normalized spacial score (nSPS) is 23.9. The molecule has 0 bridgehead atoms. The molecule has 2 rings (SSSR count). The Morgan fingerprint density at radius 3 is 2.28 bits per heavy atom. The lowest BCUT2D eigenvalue weighted by molar-refractivity contribution is -0.182. The van der Waals surface area contributed by atoms with Crippen LogP contribution in [0.15, 0.2) is 0 Å². The van der Waals surface area contributed by atoms with E-state index in [0.29, 0.717) is 12.8 Å². The number of nitrogens with zero attached hydrogens (tertiary/aromatic N) is 1. The maximum atomic E-state index is 12.9. The van der Waals surface area contributed by atoms with E-state index in [0.717, 1.165) is 24.4 Å². The average Bonchev–Trinajstić information content (AvgIpc) is 2.77. The Morgan fingerprint density at radius 2 is 1.83 bits per heavy atom. The summed E-state index contributed by atoms with van der Waals surface area (Å²) in [4.78, 5) is 12.2. The highest BCUT2D eigenvalue weighted by Gasteiger charge is 2.52. The molecular weight excluding hydrogens is 252 g/mol. The van der Waals surface area contributed by atoms with Crippen LogP contribution in [0.25, 0.3) is 0 Å². The molecule has 1 amide bonds. The summed E-state index contributed by atoms with van der Waals surface area (Å²) < 4.78 is 50.1. The summed E-state index contributed by atoms with van der Waals surface area (Å²) in [6, 6.07) is 0. The number of carbonyl (C=O) groups excluding carboxylic acids is 1. The van der Waals surface area contributed by atoms with Gasteiger partial charge in [0.25, 0.3) is 5.91 Å². The molecule has 0 atom stereocenters. The summed E-state index contributed by atoms with van der Waals surface area (Å²) in [7, 11) is 0. The first-order chi connectivity index (χ1) is 8.37. The summed E-state index contributed by atoms with van der Waals surface area (Å²) in [5.41, 5.74) is 0.0664. The highest BCUT2D eigenvalue weighted by atomic mass is 19.3. The lowest BCUT2D eigenvalue weighted by Crippen LogP contribution is -2.52. The minimum absolute atomic E-state index is 0.0664. The first-order valence-electron chi connectivity index (χ1n) is 6.03. The van der Waals surface area contributed by atoms with Gasteiger partial charge in [-0.15, -0.1) is 0 Å². The van der Waals surface area contributed by atoms with E-state index in [4.69, 9.17) is 0 Å². The van der Waals surface area contributed by atoms with Crippen LogP contribution in [0, 0.1) is 5.41 Å². The number of hydrogen-bond donors (Lipinski definition) is 1. The maximum Gasteiger partial charge on any atom is 0.383 e. The van der Waals surface area contributed by atoms with E-state index in [1.807, 2.05) is 0 Å². The molecule has 0 radical (unpaired) electrons. The predicted octanol–water partition coefficient (Wildman–Crippen LogP) is 1.49. The Kier molecular flexibility index (Phi) is 3.53. The topological polar surface area (TPSA) is 32.3 Å². The van der Waals surface area contributed by atoms with Crippen molar-refractivity contribution in [3.63, 3.8) is 0 Å². The largest absolute Gasteiger partial charge is 0.383 e. The Labute approximate surface area is 103 Å². The van der Waals surface area contributed by atoms with Crippen LogP contribution in [-0.2, 0) is 4.79 Å². The zero-order chi connectivity index (χ0) is 13.4. The molecule has 3 nitrogen and oxygen atoms in total. The highest BCUT2D eigenvalue weighted by molar-refractivity contribution is 5.84. The Morgan fingerprint density at radius 1 is 1.22 bits per heavy atom. The summed E-state index contributed by atoms with van der Waals surface area (Å²) >= 11 is 0. The van der Waals surface area contributed by atoms with Gasteiger partial charge in [0.15, 0.2) is 0 Å². The number of amides is 1. The molecule has 0 unspecified atom stereocenters. The molecule has 0 aromatic carbocycles. The van der Waals surface area contributed by atoms with E-state index in [1.54, 1.807) is 0 Å². The van der Waals surface area contributed by atoms with E-state index in [9.17, 15) is 22.4 Å². The fourth-order valence-corrected chi connectivity index (χ4v) is 2.71. The van der Waals surface area contributed by atoms with E-state index < -0.39 is 18.3 Å². The van der Waals surface area contributed by atoms with Gasteiger partial charge in [-0.3, -0.25) is 4.79 Å². The van der Waals surface area contributed by atoms with Gasteiger partial charge in [0.1, 0.15) is 0 Å². The number of carbonyl (C=O) groups is 1. The second-order valence-corrected chi connectivity index (χ2v) is 5.14. The Balaban J connectivity index is 1.95. The van der Waals surface area contributed by atoms with Gasteiger partial charge in [-0.1, -0.05) is 0 Å². The van der Waals surface area contributed by atoms with Crippen LogP contribution in [0.1, 0.15) is 19.3 Å². The van der Waals surface area contributed by atoms with E-state index in [-0.39, 0.29) is 18.5 Å². The molecular formula is C11H16F4N2O. The van der Waals surface area contributed by atoms with Gasteiger partial charge in [-0.05, 0) is 31.2 Å². The van der Waals surface area contributed by atoms with Crippen molar-refractivity contribution in [3.05, 3.63) is 0 Å². The third kappa shape index (κ3) is 2.32. The maximum absolute atomic E-state index is 12.9. The number of hydrogen-bond acceptors (Lipinski definition) is 2. The van der Waals surface area contributed by atoms with Gasteiger partial charge in [0.2, 0.25) is 0 Å². The summed E-state index contributed by atoms with van der Waals surface area (Å²) in [6.45, 7) is 1.99. The van der Waals surface area contributed by atoms with Crippen molar-refractivity contribution in [1.82, 2.24) is 10.2 Å². The first-order valence-corrected chi connectivity index (χ1v) is 6.03. The molecule has 0 saturated carbocycles. The second-order valence-electron chi connectivity index (χ2n) is 5.14. The molecule has 2 saturated heterocycles. The molecule has 0 aliphatic carbocycles. The minimum Gasteiger partial charge on any atom is -0.337 e. The van der Waals surface area contributed by atoms with Crippen LogP contribution in [0.5, 0.6) is 0 Å². The first kappa shape index (κ1) is 13.6. The predicted molar refractivity (Wildman–Crippen MR) is 56.7 cm³/mol. The average molecular weight is 268 g/mol. The van der Waals surface area contributed by atoms with Crippen LogP contribution in [0.2, 0.25) is 0 Å². The van der Waals surface area contributed by atoms with Crippen molar-refractivity contribution < 1.29 is 22.4 Å². The van der Waals surface area contributed by atoms with Gasteiger partial charge in [0, 0.05) is 19.6 Å². The Hall–Kier alpha value is -0.850. The van der Waals surface area contributed by atoms with Crippen LogP contribution < -0.4 is 5.32 Å². The summed E-state index contributed by atoms with van der Waals surface area (Å²) in [6.07, 6.45) is -1.77. The van der Waals surface area contributed by atoms with Crippen molar-refractivity contribution in [2.75, 3.05) is 26.2 Å². The molecule has 18 heavy (non-hydrogen) atoms. The van der Waals surface area contributed by atoms with Gasteiger partial charge >= 0.3 is 12.3 Å². The molecule has 2 aliphatic rings. The van der Waals surface area contributed by atoms with Crippen LogP contribution >= 0.6 is 0 Å². The number of halogens is 4. The fraction of sp³-hybridized carbons (Fsp3) is 0.909. The van der Waals surface area contributed by atoms with E-state index in [2.05, 4.69) is 5.32 Å². The number of likely N-dealkylation sites (tertiary alicyclic amines) is 1. The number of rotatable bonds is 2. The standard InChI is InChI=1S/C11H16F4N2O/c12-8(13)11(14,15)9(18)17-5-2-10(3-6-17)1-4-16-7-10/h8,16H,1-7H2. The molecule has 0 aromatic rings. The lowest BCUT2D eigenvalue weighted by atomic mass is 9.78. The monoisotopic (exact) mass is 268 g/mol. The SMILES string of the molecule is O=C(N1CCC2(CCNC2)CC1)C(F)(F)C(F)F. The van der Waals surface area contributed by atoms with Crippen molar-refractivity contribution >= 4 is 5.91 Å². The van der Waals surface area contributed by atoms with Crippen LogP contribution in [0.3, 0.4) is 0 Å². The molecule has 0 aromatic heterocycles. The van der Waals surface area contributed by atoms with Crippen molar-refractivity contribution in [2.45, 2.75) is 31.6 Å². The van der Waals surface area contributed by atoms with Gasteiger partial charge < -0.3 is 10.2 Å². The number of nitrogens with one attached hydrogen (secondary N) is 1. The summed E-state index contributed by atoms with van der Waals surface area (Å²) in [5, 5.41) is 3.20. The molecule has 7 heteroatoms. The lowest BCUT2D eigenvalue weighted by Gasteiger charge is -2.39. The molecule has 2 fully saturated rings. The van der Waals surface area contributed by atoms with E-state index >= 15 is 0 Å². The quantitative estimate of drug-likeness (QED) is 0.770. The van der Waals surface area contributed by atoms with Gasteiger partial charge in [0.05, 0.1) is 0 Å². The molecule has 2 heterocycles. The fourth-order valence-electron chi connectivity index (χ4n) is 2.71. The van der Waals surface area contributed by atoms with Gasteiger partial charge in [-0.2, -0.15) is 8.78 Å². The number of piperidine rings is 1. The summed E-state index contributed by atoms with van der Waals surface area (Å²) in [5.74, 6) is -6.29. The van der Waals surface area contributed by atoms with Gasteiger partial charge in [-0.25, -0.2) is 8.78 Å². The zero-order valence-corrected chi connectivity index (χ0v) is 9.89. The second kappa shape index (κ2) is 4.68. The number of alkyl halides is 4. The van der Waals surface area contributed by atoms with Crippen LogP contribution in [0.4, 0.5) is 17.6 Å². The smallest absolute Gasteiger partial charge is 0.337 e. The Bertz CT molecular complexity index is 319.